The third-order valence-electron chi connectivity index (χ3n) is 3.64. The van der Waals surface area contributed by atoms with Crippen molar-refractivity contribution in [1.29, 1.82) is 0 Å². The molecule has 1 aromatic heterocycles. The van der Waals surface area contributed by atoms with E-state index in [1.54, 1.807) is 7.11 Å². The average Bonchev–Trinajstić information content (AvgIpc) is 2.81. The minimum absolute atomic E-state index is 0.0472. The van der Waals surface area contributed by atoms with Crippen LogP contribution in [0.1, 0.15) is 19.1 Å². The van der Waals surface area contributed by atoms with Gasteiger partial charge in [-0.05, 0) is 28.3 Å². The molecule has 0 aliphatic carbocycles. The van der Waals surface area contributed by atoms with Gasteiger partial charge in [0.25, 0.3) is 0 Å². The van der Waals surface area contributed by atoms with Gasteiger partial charge >= 0.3 is 0 Å². The SMILES string of the molecule is COC1CN(S(=O)(=O)c2cc(CO)oc2Br)CCC1C. The number of ether oxygens (including phenoxy) is 1. The van der Waals surface area contributed by atoms with E-state index in [4.69, 9.17) is 14.3 Å². The third-order valence-corrected chi connectivity index (χ3v) is 6.36. The van der Waals surface area contributed by atoms with E-state index in [0.717, 1.165) is 6.42 Å². The normalized spacial score (nSPS) is 25.0. The number of halogens is 1. The summed E-state index contributed by atoms with van der Waals surface area (Å²) < 4.78 is 37.2. The Kier molecular flexibility index (Phi) is 4.91. The van der Waals surface area contributed by atoms with Crippen LogP contribution in [0.3, 0.4) is 0 Å². The van der Waals surface area contributed by atoms with Crippen LogP contribution < -0.4 is 0 Å². The fourth-order valence-electron chi connectivity index (χ4n) is 2.32. The summed E-state index contributed by atoms with van der Waals surface area (Å²) in [6, 6.07) is 1.35. The first kappa shape index (κ1) is 16.0. The molecular weight excluding hydrogens is 350 g/mol. The molecule has 1 aliphatic heterocycles. The Labute approximate surface area is 126 Å². The molecule has 2 rings (SSSR count). The fourth-order valence-corrected chi connectivity index (χ4v) is 4.75. The van der Waals surface area contributed by atoms with Gasteiger partial charge in [0.15, 0.2) is 4.67 Å². The Morgan fingerprint density at radius 3 is 2.85 bits per heavy atom. The molecule has 1 N–H and O–H groups in total. The van der Waals surface area contributed by atoms with Gasteiger partial charge in [0.05, 0.1) is 6.10 Å². The number of aliphatic hydroxyl groups is 1. The van der Waals surface area contributed by atoms with E-state index in [1.807, 2.05) is 0 Å². The number of rotatable bonds is 4. The van der Waals surface area contributed by atoms with Crippen molar-refractivity contribution >= 4 is 26.0 Å². The molecule has 0 saturated carbocycles. The summed E-state index contributed by atoms with van der Waals surface area (Å²) in [5.74, 6) is 0.538. The molecule has 0 spiro atoms. The lowest BCUT2D eigenvalue weighted by Gasteiger charge is -2.35. The van der Waals surface area contributed by atoms with E-state index >= 15 is 0 Å². The van der Waals surface area contributed by atoms with Crippen LogP contribution in [0.25, 0.3) is 0 Å². The number of aliphatic hydroxyl groups excluding tert-OH is 1. The van der Waals surface area contributed by atoms with Crippen molar-refractivity contribution in [2.24, 2.45) is 5.92 Å². The summed E-state index contributed by atoms with van der Waals surface area (Å²) in [6.45, 7) is 2.49. The lowest BCUT2D eigenvalue weighted by atomic mass is 9.97. The van der Waals surface area contributed by atoms with Crippen LogP contribution in [-0.2, 0) is 21.4 Å². The Hall–Kier alpha value is -0.410. The molecule has 0 amide bonds. The van der Waals surface area contributed by atoms with E-state index in [1.165, 1.54) is 10.4 Å². The molecule has 1 fully saturated rings. The molecule has 1 aliphatic rings. The second-order valence-corrected chi connectivity index (χ2v) is 7.54. The first-order valence-corrected chi connectivity index (χ1v) is 8.55. The molecule has 20 heavy (non-hydrogen) atoms. The highest BCUT2D eigenvalue weighted by Gasteiger charge is 2.36. The van der Waals surface area contributed by atoms with Crippen LogP contribution in [0.15, 0.2) is 20.0 Å². The van der Waals surface area contributed by atoms with Crippen LogP contribution >= 0.6 is 15.9 Å². The predicted molar refractivity (Wildman–Crippen MR) is 75.7 cm³/mol. The topological polar surface area (TPSA) is 80.0 Å². The van der Waals surface area contributed by atoms with Gasteiger partial charge in [-0.3, -0.25) is 0 Å². The largest absolute Gasteiger partial charge is 0.450 e. The van der Waals surface area contributed by atoms with Crippen molar-refractivity contribution in [3.05, 3.63) is 16.5 Å². The zero-order chi connectivity index (χ0) is 14.9. The second-order valence-electron chi connectivity index (χ2n) is 4.91. The highest BCUT2D eigenvalue weighted by atomic mass is 79.9. The molecule has 0 bridgehead atoms. The summed E-state index contributed by atoms with van der Waals surface area (Å²) in [7, 11) is -2.05. The fraction of sp³-hybridized carbons (Fsp3) is 0.667. The van der Waals surface area contributed by atoms with Gasteiger partial charge in [0, 0.05) is 26.3 Å². The lowest BCUT2D eigenvalue weighted by molar-refractivity contribution is 0.0183. The average molecular weight is 368 g/mol. The third kappa shape index (κ3) is 2.94. The van der Waals surface area contributed by atoms with Crippen LogP contribution in [0.5, 0.6) is 0 Å². The van der Waals surface area contributed by atoms with Gasteiger partial charge < -0.3 is 14.3 Å². The van der Waals surface area contributed by atoms with Crippen molar-refractivity contribution in [1.82, 2.24) is 4.31 Å². The summed E-state index contributed by atoms with van der Waals surface area (Å²) >= 11 is 3.09. The highest BCUT2D eigenvalue weighted by Crippen LogP contribution is 2.31. The quantitative estimate of drug-likeness (QED) is 0.873. The molecule has 8 heteroatoms. The number of methoxy groups -OCH3 is 1. The molecule has 0 radical (unpaired) electrons. The zero-order valence-corrected chi connectivity index (χ0v) is 13.8. The number of sulfonamides is 1. The molecule has 114 valence electrons. The predicted octanol–water partition coefficient (Wildman–Crippen LogP) is 1.58. The van der Waals surface area contributed by atoms with Crippen molar-refractivity contribution in [3.63, 3.8) is 0 Å². The molecule has 2 atom stereocenters. The second kappa shape index (κ2) is 6.15. The number of hydrogen-bond acceptors (Lipinski definition) is 5. The Morgan fingerprint density at radius 1 is 1.60 bits per heavy atom. The monoisotopic (exact) mass is 367 g/mol. The van der Waals surface area contributed by atoms with Crippen LogP contribution in [0, 0.1) is 5.92 Å². The smallest absolute Gasteiger partial charge is 0.247 e. The summed E-state index contributed by atoms with van der Waals surface area (Å²) in [5.41, 5.74) is 0. The Morgan fingerprint density at radius 2 is 2.30 bits per heavy atom. The van der Waals surface area contributed by atoms with Crippen LogP contribution in [0.4, 0.5) is 0 Å². The van der Waals surface area contributed by atoms with E-state index in [9.17, 15) is 8.42 Å². The lowest BCUT2D eigenvalue weighted by Crippen LogP contribution is -2.46. The maximum Gasteiger partial charge on any atom is 0.247 e. The summed E-state index contributed by atoms with van der Waals surface area (Å²) in [5, 5.41) is 9.02. The molecule has 2 heterocycles. The summed E-state index contributed by atoms with van der Waals surface area (Å²) in [4.78, 5) is 0.0472. The van der Waals surface area contributed by atoms with Crippen molar-refractivity contribution in [2.45, 2.75) is 31.0 Å². The van der Waals surface area contributed by atoms with E-state index in [0.29, 0.717) is 19.0 Å². The van der Waals surface area contributed by atoms with Crippen LogP contribution in [0.2, 0.25) is 0 Å². The highest BCUT2D eigenvalue weighted by molar-refractivity contribution is 9.10. The van der Waals surface area contributed by atoms with E-state index < -0.39 is 10.0 Å². The van der Waals surface area contributed by atoms with Gasteiger partial charge in [-0.2, -0.15) is 4.31 Å². The number of hydrogen-bond donors (Lipinski definition) is 1. The van der Waals surface area contributed by atoms with Gasteiger partial charge in [0.2, 0.25) is 10.0 Å². The van der Waals surface area contributed by atoms with Gasteiger partial charge in [-0.15, -0.1) is 0 Å². The number of furan rings is 1. The molecule has 2 unspecified atom stereocenters. The van der Waals surface area contributed by atoms with E-state index in [-0.39, 0.29) is 28.0 Å². The molecule has 1 aromatic rings. The van der Waals surface area contributed by atoms with Crippen LogP contribution in [-0.4, -0.2) is 44.1 Å². The van der Waals surface area contributed by atoms with Crippen molar-refractivity contribution in [2.75, 3.05) is 20.2 Å². The van der Waals surface area contributed by atoms with Gasteiger partial charge in [-0.25, -0.2) is 8.42 Å². The minimum Gasteiger partial charge on any atom is -0.450 e. The first-order valence-electron chi connectivity index (χ1n) is 6.32. The maximum absolute atomic E-state index is 12.6. The Bertz CT molecular complexity index is 570. The zero-order valence-electron chi connectivity index (χ0n) is 11.4. The minimum atomic E-state index is -3.65. The maximum atomic E-state index is 12.6. The Balaban J connectivity index is 2.28. The first-order chi connectivity index (χ1) is 9.40. The molecular formula is C12H18BrNO5S. The number of nitrogens with zero attached hydrogens (tertiary/aromatic N) is 1. The van der Waals surface area contributed by atoms with Gasteiger partial charge in [-0.1, -0.05) is 6.92 Å². The van der Waals surface area contributed by atoms with E-state index in [2.05, 4.69) is 22.9 Å². The summed E-state index contributed by atoms with van der Waals surface area (Å²) in [6.07, 6.45) is 0.640. The number of piperidine rings is 1. The van der Waals surface area contributed by atoms with Crippen molar-refractivity contribution in [3.8, 4) is 0 Å². The van der Waals surface area contributed by atoms with Crippen molar-refractivity contribution < 1.29 is 22.7 Å². The molecule has 1 saturated heterocycles. The van der Waals surface area contributed by atoms with Gasteiger partial charge in [0.1, 0.15) is 17.3 Å². The molecule has 6 nitrogen and oxygen atoms in total. The standard InChI is InChI=1S/C12H18BrNO5S/c1-8-3-4-14(6-10(8)18-2)20(16,17)11-5-9(7-15)19-12(11)13/h5,8,10,15H,3-4,6-7H2,1-2H3. The molecule has 0 aromatic carbocycles.